The number of aryl methyl sites for hydroxylation is 1. The molecule has 2 unspecified atom stereocenters. The van der Waals surface area contributed by atoms with Crippen LogP contribution in [0.3, 0.4) is 0 Å². The predicted molar refractivity (Wildman–Crippen MR) is 54.0 cm³/mol. The molecule has 0 bridgehead atoms. The van der Waals surface area contributed by atoms with E-state index in [2.05, 4.69) is 12.0 Å². The number of carbonyl (C=O) groups is 1. The molecule has 1 aliphatic rings. The van der Waals surface area contributed by atoms with Gasteiger partial charge in [-0.3, -0.25) is 9.48 Å². The zero-order valence-electron chi connectivity index (χ0n) is 8.73. The van der Waals surface area contributed by atoms with Crippen molar-refractivity contribution in [1.29, 1.82) is 0 Å². The first kappa shape index (κ1) is 9.44. The molecule has 2 atom stereocenters. The molecule has 0 amide bonds. The van der Waals surface area contributed by atoms with E-state index in [1.807, 2.05) is 13.1 Å². The lowest BCUT2D eigenvalue weighted by Crippen LogP contribution is -2.15. The van der Waals surface area contributed by atoms with Gasteiger partial charge in [0.25, 0.3) is 0 Å². The highest BCUT2D eigenvalue weighted by atomic mass is 16.1. The second-order valence-electron chi connectivity index (χ2n) is 4.32. The Balaban J connectivity index is 2.13. The summed E-state index contributed by atoms with van der Waals surface area (Å²) < 4.78 is 1.67. The van der Waals surface area contributed by atoms with Crippen molar-refractivity contribution in [3.05, 3.63) is 18.0 Å². The Morgan fingerprint density at radius 3 is 2.86 bits per heavy atom. The van der Waals surface area contributed by atoms with Crippen molar-refractivity contribution in [2.75, 3.05) is 0 Å². The third kappa shape index (κ3) is 1.59. The zero-order valence-corrected chi connectivity index (χ0v) is 8.73. The lowest BCUT2D eigenvalue weighted by atomic mass is 9.99. The van der Waals surface area contributed by atoms with Gasteiger partial charge in [0.05, 0.1) is 0 Å². The summed E-state index contributed by atoms with van der Waals surface area (Å²) in [5.74, 6) is 1.21. The summed E-state index contributed by atoms with van der Waals surface area (Å²) in [4.78, 5) is 12.0. The van der Waals surface area contributed by atoms with Gasteiger partial charge in [0, 0.05) is 19.2 Å². The van der Waals surface area contributed by atoms with Crippen LogP contribution in [-0.4, -0.2) is 15.6 Å². The Labute approximate surface area is 84.1 Å². The molecule has 0 radical (unpaired) electrons. The van der Waals surface area contributed by atoms with Gasteiger partial charge in [0.15, 0.2) is 5.78 Å². The minimum Gasteiger partial charge on any atom is -0.292 e. The molecule has 1 fully saturated rings. The molecule has 1 heterocycles. The SMILES string of the molecule is CC1CCC(C(=O)c2ccnn2C)C1. The van der Waals surface area contributed by atoms with E-state index in [0.717, 1.165) is 18.5 Å². The lowest BCUT2D eigenvalue weighted by Gasteiger charge is -2.07. The maximum Gasteiger partial charge on any atom is 0.183 e. The largest absolute Gasteiger partial charge is 0.292 e. The van der Waals surface area contributed by atoms with Gasteiger partial charge in [0.1, 0.15) is 5.69 Å². The number of hydrogen-bond acceptors (Lipinski definition) is 2. The molecule has 1 aliphatic carbocycles. The molecule has 0 saturated heterocycles. The van der Waals surface area contributed by atoms with Crippen molar-refractivity contribution < 1.29 is 4.79 Å². The first-order valence-corrected chi connectivity index (χ1v) is 5.20. The predicted octanol–water partition coefficient (Wildman–Crippen LogP) is 2.04. The van der Waals surface area contributed by atoms with Crippen molar-refractivity contribution in [3.63, 3.8) is 0 Å². The third-order valence-corrected chi connectivity index (χ3v) is 3.14. The second-order valence-corrected chi connectivity index (χ2v) is 4.32. The molecule has 0 aromatic carbocycles. The van der Waals surface area contributed by atoms with Gasteiger partial charge in [-0.15, -0.1) is 0 Å². The average Bonchev–Trinajstić information content (AvgIpc) is 2.73. The van der Waals surface area contributed by atoms with Crippen molar-refractivity contribution in [1.82, 2.24) is 9.78 Å². The van der Waals surface area contributed by atoms with Crippen LogP contribution in [-0.2, 0) is 7.05 Å². The van der Waals surface area contributed by atoms with Crippen molar-refractivity contribution in [2.45, 2.75) is 26.2 Å². The van der Waals surface area contributed by atoms with E-state index < -0.39 is 0 Å². The summed E-state index contributed by atoms with van der Waals surface area (Å²) in [7, 11) is 1.83. The monoisotopic (exact) mass is 192 g/mol. The van der Waals surface area contributed by atoms with Gasteiger partial charge in [0.2, 0.25) is 0 Å². The van der Waals surface area contributed by atoms with Gasteiger partial charge in [-0.1, -0.05) is 6.92 Å². The zero-order chi connectivity index (χ0) is 10.1. The van der Waals surface area contributed by atoms with Crippen LogP contribution in [0.15, 0.2) is 12.3 Å². The molecule has 2 rings (SSSR count). The van der Waals surface area contributed by atoms with E-state index in [4.69, 9.17) is 0 Å². The Kier molecular flexibility index (Phi) is 2.40. The molecular weight excluding hydrogens is 176 g/mol. The number of Topliss-reactive ketones (excluding diaryl/α,β-unsaturated/α-hetero) is 1. The van der Waals surface area contributed by atoms with Crippen LogP contribution in [0.5, 0.6) is 0 Å². The van der Waals surface area contributed by atoms with E-state index in [9.17, 15) is 4.79 Å². The summed E-state index contributed by atoms with van der Waals surface area (Å²) in [6, 6.07) is 1.81. The van der Waals surface area contributed by atoms with E-state index in [-0.39, 0.29) is 11.7 Å². The van der Waals surface area contributed by atoms with Crippen LogP contribution >= 0.6 is 0 Å². The van der Waals surface area contributed by atoms with Crippen molar-refractivity contribution in [2.24, 2.45) is 18.9 Å². The first-order valence-electron chi connectivity index (χ1n) is 5.20. The Bertz CT molecular complexity index is 343. The van der Waals surface area contributed by atoms with E-state index in [1.54, 1.807) is 10.9 Å². The summed E-state index contributed by atoms with van der Waals surface area (Å²) in [5, 5.41) is 4.02. The molecule has 0 aliphatic heterocycles. The minimum atomic E-state index is 0.236. The van der Waals surface area contributed by atoms with Crippen LogP contribution in [0, 0.1) is 11.8 Å². The maximum atomic E-state index is 12.0. The molecule has 1 saturated carbocycles. The van der Waals surface area contributed by atoms with Crippen LogP contribution < -0.4 is 0 Å². The molecule has 14 heavy (non-hydrogen) atoms. The van der Waals surface area contributed by atoms with Crippen LogP contribution in [0.2, 0.25) is 0 Å². The van der Waals surface area contributed by atoms with Gasteiger partial charge in [-0.05, 0) is 31.2 Å². The van der Waals surface area contributed by atoms with Gasteiger partial charge in [-0.2, -0.15) is 5.10 Å². The Hall–Kier alpha value is -1.12. The number of nitrogens with zero attached hydrogens (tertiary/aromatic N) is 2. The second kappa shape index (κ2) is 3.56. The first-order chi connectivity index (χ1) is 6.68. The summed E-state index contributed by atoms with van der Waals surface area (Å²) in [6.07, 6.45) is 4.97. The average molecular weight is 192 g/mol. The molecule has 1 aromatic rings. The standard InChI is InChI=1S/C11H16N2O/c1-8-3-4-9(7-8)11(14)10-5-6-12-13(10)2/h5-6,8-9H,3-4,7H2,1-2H3. The fourth-order valence-electron chi connectivity index (χ4n) is 2.27. The topological polar surface area (TPSA) is 34.9 Å². The lowest BCUT2D eigenvalue weighted by molar-refractivity contribution is 0.0911. The van der Waals surface area contributed by atoms with E-state index in [0.29, 0.717) is 5.92 Å². The molecule has 0 spiro atoms. The number of aromatic nitrogens is 2. The van der Waals surface area contributed by atoms with Crippen LogP contribution in [0.4, 0.5) is 0 Å². The number of hydrogen-bond donors (Lipinski definition) is 0. The molecule has 1 aromatic heterocycles. The van der Waals surface area contributed by atoms with E-state index >= 15 is 0 Å². The quantitative estimate of drug-likeness (QED) is 0.672. The van der Waals surface area contributed by atoms with Gasteiger partial charge < -0.3 is 0 Å². The highest BCUT2D eigenvalue weighted by Gasteiger charge is 2.29. The minimum absolute atomic E-state index is 0.236. The number of rotatable bonds is 2. The molecule has 76 valence electrons. The number of carbonyl (C=O) groups excluding carboxylic acids is 1. The molecular formula is C11H16N2O. The molecule has 3 heteroatoms. The summed E-state index contributed by atoms with van der Waals surface area (Å²) >= 11 is 0. The molecule has 3 nitrogen and oxygen atoms in total. The Morgan fingerprint density at radius 1 is 1.57 bits per heavy atom. The number of ketones is 1. The third-order valence-electron chi connectivity index (χ3n) is 3.14. The normalized spacial score (nSPS) is 26.7. The van der Waals surface area contributed by atoms with E-state index in [1.165, 1.54) is 6.42 Å². The van der Waals surface area contributed by atoms with Crippen molar-refractivity contribution in [3.8, 4) is 0 Å². The smallest absolute Gasteiger partial charge is 0.183 e. The van der Waals surface area contributed by atoms with Gasteiger partial charge in [-0.25, -0.2) is 0 Å². The van der Waals surface area contributed by atoms with Crippen LogP contribution in [0.25, 0.3) is 0 Å². The Morgan fingerprint density at radius 2 is 2.36 bits per heavy atom. The highest BCUT2D eigenvalue weighted by Crippen LogP contribution is 2.32. The van der Waals surface area contributed by atoms with Crippen molar-refractivity contribution >= 4 is 5.78 Å². The van der Waals surface area contributed by atoms with Gasteiger partial charge >= 0.3 is 0 Å². The summed E-state index contributed by atoms with van der Waals surface area (Å²) in [6.45, 7) is 2.22. The fraction of sp³-hybridized carbons (Fsp3) is 0.636. The van der Waals surface area contributed by atoms with Crippen LogP contribution in [0.1, 0.15) is 36.7 Å². The maximum absolute atomic E-state index is 12.0. The highest BCUT2D eigenvalue weighted by molar-refractivity contribution is 5.96. The molecule has 0 N–H and O–H groups in total. The summed E-state index contributed by atoms with van der Waals surface area (Å²) in [5.41, 5.74) is 0.754. The fourth-order valence-corrected chi connectivity index (χ4v) is 2.27.